The topological polar surface area (TPSA) is 53.7 Å². The van der Waals surface area contributed by atoms with Crippen molar-refractivity contribution in [3.05, 3.63) is 24.2 Å². The second kappa shape index (κ2) is 7.82. The van der Waals surface area contributed by atoms with E-state index in [1.165, 1.54) is 0 Å². The Bertz CT molecular complexity index is 455. The Morgan fingerprint density at radius 2 is 2.27 bits per heavy atom. The van der Waals surface area contributed by atoms with Gasteiger partial charge < -0.3 is 14.4 Å². The van der Waals surface area contributed by atoms with Crippen LogP contribution in [0.25, 0.3) is 0 Å². The molecule has 0 aromatic carbocycles. The summed E-state index contributed by atoms with van der Waals surface area (Å²) in [7, 11) is 0. The van der Waals surface area contributed by atoms with Gasteiger partial charge in [-0.1, -0.05) is 27.2 Å². The summed E-state index contributed by atoms with van der Waals surface area (Å²) in [5.41, 5.74) is 0. The Hall–Kier alpha value is -1.29. The van der Waals surface area contributed by atoms with E-state index in [4.69, 9.17) is 4.42 Å². The van der Waals surface area contributed by atoms with Gasteiger partial charge in [0.2, 0.25) is 5.91 Å². The highest BCUT2D eigenvalue weighted by Crippen LogP contribution is 2.31. The zero-order valence-corrected chi connectivity index (χ0v) is 14.0. The molecular formula is C18H29NO3. The summed E-state index contributed by atoms with van der Waals surface area (Å²) >= 11 is 0. The maximum atomic E-state index is 12.9. The lowest BCUT2D eigenvalue weighted by Crippen LogP contribution is -2.41. The van der Waals surface area contributed by atoms with E-state index in [0.29, 0.717) is 18.1 Å². The van der Waals surface area contributed by atoms with E-state index in [-0.39, 0.29) is 17.9 Å². The molecule has 0 saturated carbocycles. The van der Waals surface area contributed by atoms with Crippen molar-refractivity contribution in [2.75, 3.05) is 6.54 Å². The molecule has 2 rings (SSSR count). The predicted octanol–water partition coefficient (Wildman–Crippen LogP) is 3.77. The summed E-state index contributed by atoms with van der Waals surface area (Å²) in [6.07, 6.45) is 5.49. The minimum absolute atomic E-state index is 0.103. The molecule has 0 bridgehead atoms. The van der Waals surface area contributed by atoms with E-state index < -0.39 is 6.10 Å². The molecule has 2 heterocycles. The fourth-order valence-electron chi connectivity index (χ4n) is 3.49. The average Bonchev–Trinajstić information content (AvgIpc) is 3.14. The van der Waals surface area contributed by atoms with Crippen LogP contribution in [0.1, 0.15) is 64.7 Å². The molecule has 1 aromatic rings. The quantitative estimate of drug-likeness (QED) is 0.834. The molecule has 3 unspecified atom stereocenters. The van der Waals surface area contributed by atoms with Crippen LogP contribution in [0.2, 0.25) is 0 Å². The van der Waals surface area contributed by atoms with Gasteiger partial charge in [-0.3, -0.25) is 4.79 Å². The normalized spacial score (nSPS) is 21.3. The van der Waals surface area contributed by atoms with Crippen molar-refractivity contribution in [1.82, 2.24) is 4.90 Å². The van der Waals surface area contributed by atoms with Crippen molar-refractivity contribution < 1.29 is 14.3 Å². The Morgan fingerprint density at radius 1 is 1.50 bits per heavy atom. The third-order valence-corrected chi connectivity index (χ3v) is 4.75. The maximum absolute atomic E-state index is 12.9. The van der Waals surface area contributed by atoms with Gasteiger partial charge >= 0.3 is 0 Å². The molecule has 1 amide bonds. The third kappa shape index (κ3) is 3.92. The Morgan fingerprint density at radius 3 is 2.86 bits per heavy atom. The number of rotatable bonds is 7. The highest BCUT2D eigenvalue weighted by molar-refractivity contribution is 5.79. The number of nitrogens with zero attached hydrogens (tertiary/aromatic N) is 1. The number of likely N-dealkylation sites (tertiary alicyclic amines) is 1. The van der Waals surface area contributed by atoms with E-state index in [9.17, 15) is 9.90 Å². The molecule has 1 saturated heterocycles. The van der Waals surface area contributed by atoms with Crippen molar-refractivity contribution >= 4 is 5.91 Å². The van der Waals surface area contributed by atoms with Gasteiger partial charge in [-0.15, -0.1) is 0 Å². The van der Waals surface area contributed by atoms with E-state index >= 15 is 0 Å². The van der Waals surface area contributed by atoms with Crippen LogP contribution in [0.3, 0.4) is 0 Å². The standard InChI is InChI=1S/C18H29NO3/c1-4-7-15(13(2)3)18(21)19-10-5-8-14(19)12-16(20)17-9-6-11-22-17/h6,9,11,13-16,20H,4-5,7-8,10,12H2,1-3H3. The molecule has 1 aliphatic heterocycles. The highest BCUT2D eigenvalue weighted by Gasteiger charge is 2.35. The Labute approximate surface area is 133 Å². The number of hydrogen-bond acceptors (Lipinski definition) is 3. The number of aliphatic hydroxyl groups is 1. The van der Waals surface area contributed by atoms with Gasteiger partial charge in [0.05, 0.1) is 6.26 Å². The molecule has 3 atom stereocenters. The average molecular weight is 307 g/mol. The first-order valence-electron chi connectivity index (χ1n) is 8.56. The number of hydrogen-bond donors (Lipinski definition) is 1. The van der Waals surface area contributed by atoms with Gasteiger partial charge in [0, 0.05) is 24.9 Å². The first-order chi connectivity index (χ1) is 10.5. The number of aliphatic hydroxyl groups excluding tert-OH is 1. The molecule has 0 spiro atoms. The van der Waals surface area contributed by atoms with Crippen molar-refractivity contribution in [3.63, 3.8) is 0 Å². The summed E-state index contributed by atoms with van der Waals surface area (Å²) in [6.45, 7) is 7.20. The van der Waals surface area contributed by atoms with Crippen molar-refractivity contribution in [2.24, 2.45) is 11.8 Å². The second-order valence-corrected chi connectivity index (χ2v) is 6.73. The second-order valence-electron chi connectivity index (χ2n) is 6.73. The van der Waals surface area contributed by atoms with Crippen LogP contribution < -0.4 is 0 Å². The van der Waals surface area contributed by atoms with Gasteiger partial charge in [0.25, 0.3) is 0 Å². The van der Waals surface area contributed by atoms with Crippen LogP contribution in [-0.2, 0) is 4.79 Å². The summed E-state index contributed by atoms with van der Waals surface area (Å²) < 4.78 is 5.27. The molecule has 1 fully saturated rings. The Kier molecular flexibility index (Phi) is 6.07. The number of carbonyl (C=O) groups is 1. The molecule has 0 radical (unpaired) electrons. The molecule has 22 heavy (non-hydrogen) atoms. The summed E-state index contributed by atoms with van der Waals surface area (Å²) in [5.74, 6) is 1.33. The fraction of sp³-hybridized carbons (Fsp3) is 0.722. The number of carbonyl (C=O) groups excluding carboxylic acids is 1. The smallest absolute Gasteiger partial charge is 0.226 e. The minimum Gasteiger partial charge on any atom is -0.467 e. The SMILES string of the molecule is CCCC(C(=O)N1CCCC1CC(O)c1ccco1)C(C)C. The van der Waals surface area contributed by atoms with Gasteiger partial charge in [-0.2, -0.15) is 0 Å². The minimum atomic E-state index is -0.628. The van der Waals surface area contributed by atoms with Crippen LogP contribution >= 0.6 is 0 Å². The molecule has 4 nitrogen and oxygen atoms in total. The predicted molar refractivity (Wildman–Crippen MR) is 86.3 cm³/mol. The molecule has 1 aliphatic rings. The van der Waals surface area contributed by atoms with Crippen molar-refractivity contribution in [1.29, 1.82) is 0 Å². The number of amides is 1. The lowest BCUT2D eigenvalue weighted by molar-refractivity contribution is -0.138. The first-order valence-corrected chi connectivity index (χ1v) is 8.56. The van der Waals surface area contributed by atoms with Gasteiger partial charge in [0.15, 0.2) is 0 Å². The van der Waals surface area contributed by atoms with E-state index in [1.807, 2.05) is 4.90 Å². The van der Waals surface area contributed by atoms with Crippen LogP contribution in [0.5, 0.6) is 0 Å². The van der Waals surface area contributed by atoms with E-state index in [1.54, 1.807) is 18.4 Å². The first kappa shape index (κ1) is 17.1. The molecule has 124 valence electrons. The highest BCUT2D eigenvalue weighted by atomic mass is 16.4. The fourth-order valence-corrected chi connectivity index (χ4v) is 3.49. The summed E-state index contributed by atoms with van der Waals surface area (Å²) in [4.78, 5) is 14.9. The van der Waals surface area contributed by atoms with Gasteiger partial charge in [-0.25, -0.2) is 0 Å². The Balaban J connectivity index is 2.01. The van der Waals surface area contributed by atoms with E-state index in [2.05, 4.69) is 20.8 Å². The molecule has 4 heteroatoms. The molecule has 1 N–H and O–H groups in total. The maximum Gasteiger partial charge on any atom is 0.226 e. The van der Waals surface area contributed by atoms with E-state index in [0.717, 1.165) is 32.2 Å². The summed E-state index contributed by atoms with van der Waals surface area (Å²) in [5, 5.41) is 10.3. The zero-order chi connectivity index (χ0) is 16.1. The van der Waals surface area contributed by atoms with Crippen LogP contribution in [0, 0.1) is 11.8 Å². The largest absolute Gasteiger partial charge is 0.467 e. The van der Waals surface area contributed by atoms with Crippen LogP contribution in [0.15, 0.2) is 22.8 Å². The molecule has 1 aromatic heterocycles. The zero-order valence-electron chi connectivity index (χ0n) is 14.0. The van der Waals surface area contributed by atoms with Gasteiger partial charge in [-0.05, 0) is 37.3 Å². The van der Waals surface area contributed by atoms with Gasteiger partial charge in [0.1, 0.15) is 11.9 Å². The lowest BCUT2D eigenvalue weighted by atomic mass is 9.89. The lowest BCUT2D eigenvalue weighted by Gasteiger charge is -2.31. The monoisotopic (exact) mass is 307 g/mol. The molecular weight excluding hydrogens is 278 g/mol. The third-order valence-electron chi connectivity index (χ3n) is 4.75. The van der Waals surface area contributed by atoms with Crippen LogP contribution in [-0.4, -0.2) is 28.5 Å². The summed E-state index contributed by atoms with van der Waals surface area (Å²) in [6, 6.07) is 3.71. The number of furan rings is 1. The van der Waals surface area contributed by atoms with Crippen LogP contribution in [0.4, 0.5) is 0 Å². The van der Waals surface area contributed by atoms with Crippen molar-refractivity contribution in [3.8, 4) is 0 Å². The molecule has 0 aliphatic carbocycles. The van der Waals surface area contributed by atoms with Crippen molar-refractivity contribution in [2.45, 2.75) is 65.0 Å².